The van der Waals surface area contributed by atoms with Crippen LogP contribution in [-0.2, 0) is 4.79 Å². The Morgan fingerprint density at radius 1 is 0.227 bits per heavy atom. The summed E-state index contributed by atoms with van der Waals surface area (Å²) in [7, 11) is 9.85. The van der Waals surface area contributed by atoms with Gasteiger partial charge in [0.15, 0.2) is 0 Å². The zero-order valence-corrected chi connectivity index (χ0v) is 54.8. The number of halogens is 1. The molecule has 0 rings (SSSR count). The number of nitrogens with zero attached hydrogens (tertiary/aromatic N) is 2. The molecule has 0 spiro atoms. The molecule has 0 amide bonds. The molecule has 0 fully saturated rings. The number of hydrogen-bond acceptors (Lipinski definition) is 2. The quantitative estimate of drug-likeness (QED) is 0.0450. The maximum atomic E-state index is 8.89. The Kier molecular flexibility index (Phi) is 75.5. The fourth-order valence-electron chi connectivity index (χ4n) is 11.2. The molecule has 0 atom stereocenters. The van der Waals surface area contributed by atoms with Crippen molar-refractivity contribution in [1.29, 1.82) is 0 Å². The first kappa shape index (κ1) is 81.2. The number of hydrogen-bond donors (Lipinski definition) is 0. The van der Waals surface area contributed by atoms with Crippen LogP contribution in [0.3, 0.4) is 0 Å². The number of rotatable bonds is 60. The summed E-state index contributed by atoms with van der Waals surface area (Å²) in [5.41, 5.74) is 0. The lowest BCUT2D eigenvalue weighted by Gasteiger charge is -2.30. The molecule has 0 saturated carbocycles. The first-order valence-corrected chi connectivity index (χ1v) is 34.8. The zero-order chi connectivity index (χ0) is 55.0. The molecule has 0 aromatic carbocycles. The second kappa shape index (κ2) is 69.8. The maximum Gasteiger partial charge on any atom is 0.0782 e. The van der Waals surface area contributed by atoms with Crippen LogP contribution >= 0.6 is 0 Å². The number of unbranched alkanes of at least 4 members (excludes halogenated alkanes) is 52. The number of carboxylic acid groups (broad SMARTS) is 1. The van der Waals surface area contributed by atoms with E-state index >= 15 is 0 Å². The van der Waals surface area contributed by atoms with Gasteiger partial charge in [0.1, 0.15) is 0 Å². The van der Waals surface area contributed by atoms with Crippen molar-refractivity contribution in [1.82, 2.24) is 0 Å². The summed E-state index contributed by atoms with van der Waals surface area (Å²) < 4.78 is 2.49. The molecule has 456 valence electrons. The topological polar surface area (TPSA) is 40.1 Å². The summed E-state index contributed by atoms with van der Waals surface area (Å²) in [5, 5.41) is 8.89. The fraction of sp³-hybridized carbons (Fsp3) is 0.986. The van der Waals surface area contributed by atoms with Crippen molar-refractivity contribution >= 4 is 5.97 Å². The Labute approximate surface area is 483 Å². The predicted octanol–water partition coefficient (Wildman–Crippen LogP) is 19.8. The smallest absolute Gasteiger partial charge is 0.0782 e. The van der Waals surface area contributed by atoms with Crippen LogP contribution in [0.5, 0.6) is 0 Å². The Balaban J connectivity index is -0.000000618. The largest absolute Gasteiger partial charge is 1.00 e. The van der Waals surface area contributed by atoms with Crippen molar-refractivity contribution in [3.05, 3.63) is 0 Å². The molecule has 0 heterocycles. The normalized spacial score (nSPS) is 11.5. The average Bonchev–Trinajstić information content (AvgIpc) is 3.36. The van der Waals surface area contributed by atoms with E-state index in [2.05, 4.69) is 55.9 Å². The van der Waals surface area contributed by atoms with E-state index in [0.717, 1.165) is 6.92 Å². The molecule has 5 heteroatoms. The van der Waals surface area contributed by atoms with E-state index in [1.54, 1.807) is 0 Å². The Morgan fingerprint density at radius 2 is 0.307 bits per heavy atom. The minimum atomic E-state index is -1.08. The molecule has 0 aliphatic rings. The minimum Gasteiger partial charge on any atom is -1.00 e. The predicted molar refractivity (Wildman–Crippen MR) is 336 cm³/mol. The lowest BCUT2D eigenvalue weighted by atomic mass is 10.0. The van der Waals surface area contributed by atoms with Gasteiger partial charge in [0.05, 0.1) is 54.4 Å². The van der Waals surface area contributed by atoms with E-state index in [4.69, 9.17) is 9.90 Å². The number of carbonyl (C=O) groups excluding carboxylic acids is 1. The molecule has 0 saturated heterocycles. The third-order valence-corrected chi connectivity index (χ3v) is 16.5. The van der Waals surface area contributed by atoms with Crippen LogP contribution in [0.25, 0.3) is 0 Å². The monoisotopic (exact) mass is 1080 g/mol. The van der Waals surface area contributed by atoms with Gasteiger partial charge in [0.2, 0.25) is 0 Å². The van der Waals surface area contributed by atoms with Crippen LogP contribution < -0.4 is 17.5 Å². The third-order valence-electron chi connectivity index (χ3n) is 16.5. The highest BCUT2D eigenvalue weighted by atomic mass is 35.5. The van der Waals surface area contributed by atoms with Crippen molar-refractivity contribution in [3.8, 4) is 0 Å². The van der Waals surface area contributed by atoms with Crippen LogP contribution in [0.1, 0.15) is 394 Å². The number of aliphatic carboxylic acids is 1. The molecular formula is C70H147ClN2O2. The van der Waals surface area contributed by atoms with Gasteiger partial charge in [-0.1, -0.05) is 336 Å². The third kappa shape index (κ3) is 82.6. The highest BCUT2D eigenvalue weighted by Crippen LogP contribution is 2.19. The van der Waals surface area contributed by atoms with Gasteiger partial charge < -0.3 is 31.3 Å². The highest BCUT2D eigenvalue weighted by molar-refractivity contribution is 5.60. The molecular weight excluding hydrogens is 936 g/mol. The molecule has 0 aromatic rings. The summed E-state index contributed by atoms with van der Waals surface area (Å²) in [4.78, 5) is 8.89. The maximum absolute atomic E-state index is 8.89. The van der Waals surface area contributed by atoms with E-state index in [-0.39, 0.29) is 12.4 Å². The van der Waals surface area contributed by atoms with Gasteiger partial charge in [-0.3, -0.25) is 0 Å². The molecule has 75 heavy (non-hydrogen) atoms. The number of carboxylic acids is 1. The van der Waals surface area contributed by atoms with Gasteiger partial charge in [0.25, 0.3) is 0 Å². The summed E-state index contributed by atoms with van der Waals surface area (Å²) in [6.07, 6.45) is 81.9. The van der Waals surface area contributed by atoms with E-state index in [0.29, 0.717) is 0 Å². The van der Waals surface area contributed by atoms with Gasteiger partial charge in [-0.2, -0.15) is 0 Å². The lowest BCUT2D eigenvalue weighted by Crippen LogP contribution is -3.00. The molecule has 4 nitrogen and oxygen atoms in total. The van der Waals surface area contributed by atoms with Crippen LogP contribution in [0.4, 0.5) is 0 Å². The lowest BCUT2D eigenvalue weighted by molar-refractivity contribution is -0.890. The number of carbonyl (C=O) groups is 1. The van der Waals surface area contributed by atoms with E-state index in [9.17, 15) is 0 Å². The van der Waals surface area contributed by atoms with E-state index < -0.39 is 5.97 Å². The first-order valence-electron chi connectivity index (χ1n) is 34.8. The Hall–Kier alpha value is -0.320. The standard InChI is InChI=1S/2C34H72N.C2H4O2.ClH/c2*1-5-7-9-11-13-15-17-19-21-23-25-27-29-31-33-35(3,4)34-32-30-28-26-24-22-20-18-16-14-12-10-8-6-2;1-2(3)4;/h2*5-34H2,1-4H3;1H3,(H,3,4);1H/q2*+1;;/p-2. The highest BCUT2D eigenvalue weighted by Gasteiger charge is 2.15. The molecule has 0 N–H and O–H groups in total. The zero-order valence-electron chi connectivity index (χ0n) is 54.0. The summed E-state index contributed by atoms with van der Waals surface area (Å²) >= 11 is 0. The van der Waals surface area contributed by atoms with Crippen molar-refractivity contribution in [2.45, 2.75) is 394 Å². The summed E-state index contributed by atoms with van der Waals surface area (Å²) in [6, 6.07) is 0. The van der Waals surface area contributed by atoms with E-state index in [1.165, 1.54) is 395 Å². The average molecular weight is 1080 g/mol. The molecule has 0 unspecified atom stereocenters. The SMILES string of the molecule is CC(=O)[O-].CCCCCCCCCCCCCCCC[N+](C)(C)CCCCCCCCCCCCCCCC.CCCCCCCCCCCCCCCC[N+](C)(C)CCCCCCCCCCCCCCCC.[Cl-]. The second-order valence-electron chi connectivity index (χ2n) is 25.6. The van der Waals surface area contributed by atoms with Crippen LogP contribution in [0.2, 0.25) is 0 Å². The molecule has 0 aromatic heterocycles. The second-order valence-corrected chi connectivity index (χ2v) is 25.6. The van der Waals surface area contributed by atoms with Crippen molar-refractivity contribution in [2.24, 2.45) is 0 Å². The number of quaternary nitrogens is 2. The van der Waals surface area contributed by atoms with Crippen LogP contribution in [0.15, 0.2) is 0 Å². The van der Waals surface area contributed by atoms with Gasteiger partial charge in [0, 0.05) is 5.97 Å². The van der Waals surface area contributed by atoms with Gasteiger partial charge in [-0.05, 0) is 58.3 Å². The van der Waals surface area contributed by atoms with Gasteiger partial charge in [-0.15, -0.1) is 0 Å². The Bertz CT molecular complexity index is 859. The summed E-state index contributed by atoms with van der Waals surface area (Å²) in [5.74, 6) is -1.08. The van der Waals surface area contributed by atoms with Gasteiger partial charge >= 0.3 is 0 Å². The Morgan fingerprint density at radius 3 is 0.400 bits per heavy atom. The molecule has 0 aliphatic heterocycles. The fourth-order valence-corrected chi connectivity index (χ4v) is 11.2. The molecule has 0 aliphatic carbocycles. The minimum absolute atomic E-state index is 0. The molecule has 0 bridgehead atoms. The van der Waals surface area contributed by atoms with Crippen molar-refractivity contribution in [2.75, 3.05) is 54.4 Å². The first-order chi connectivity index (χ1) is 36.0. The van der Waals surface area contributed by atoms with Crippen molar-refractivity contribution < 1.29 is 31.3 Å². The molecule has 0 radical (unpaired) electrons. The van der Waals surface area contributed by atoms with Crippen LogP contribution in [0, 0.1) is 0 Å². The van der Waals surface area contributed by atoms with Crippen molar-refractivity contribution in [3.63, 3.8) is 0 Å². The van der Waals surface area contributed by atoms with E-state index in [1.807, 2.05) is 0 Å². The van der Waals surface area contributed by atoms with Crippen LogP contribution in [-0.4, -0.2) is 69.3 Å². The summed E-state index contributed by atoms with van der Waals surface area (Å²) in [6.45, 7) is 15.7. The van der Waals surface area contributed by atoms with Gasteiger partial charge in [-0.25, -0.2) is 0 Å².